The van der Waals surface area contributed by atoms with Crippen molar-refractivity contribution in [3.8, 4) is 0 Å². The lowest BCUT2D eigenvalue weighted by Gasteiger charge is -2.19. The first-order valence-electron chi connectivity index (χ1n) is 5.51. The monoisotopic (exact) mass is 259 g/mol. The first kappa shape index (κ1) is 12.0. The predicted molar refractivity (Wildman–Crippen MR) is 68.5 cm³/mol. The molecule has 0 amide bonds. The van der Waals surface area contributed by atoms with Crippen LogP contribution in [0.5, 0.6) is 0 Å². The first-order chi connectivity index (χ1) is 7.70. The highest BCUT2D eigenvalue weighted by Crippen LogP contribution is 2.30. The number of aliphatic hydroxyl groups excluding tert-OH is 1. The second-order valence-corrected chi connectivity index (χ2v) is 5.03. The fraction of sp³-hybridized carbons (Fsp3) is 0.500. The van der Waals surface area contributed by atoms with Crippen molar-refractivity contribution < 1.29 is 5.11 Å². The third-order valence-electron chi connectivity index (χ3n) is 3.09. The van der Waals surface area contributed by atoms with Crippen LogP contribution in [0.15, 0.2) is 18.2 Å². The molecule has 1 fully saturated rings. The molecular weight excluding hydrogens is 245 g/mol. The molecule has 1 saturated heterocycles. The van der Waals surface area contributed by atoms with Gasteiger partial charge in [-0.3, -0.25) is 0 Å². The van der Waals surface area contributed by atoms with Gasteiger partial charge in [-0.1, -0.05) is 23.2 Å². The number of hydrogen-bond donors (Lipinski definition) is 1. The highest BCUT2D eigenvalue weighted by atomic mass is 35.5. The van der Waals surface area contributed by atoms with Crippen molar-refractivity contribution >= 4 is 28.9 Å². The van der Waals surface area contributed by atoms with Crippen LogP contribution in [0, 0.1) is 5.92 Å². The van der Waals surface area contributed by atoms with Crippen LogP contribution in [-0.4, -0.2) is 24.8 Å². The number of rotatable bonds is 3. The molecule has 16 heavy (non-hydrogen) atoms. The van der Waals surface area contributed by atoms with Gasteiger partial charge in [-0.05, 0) is 37.0 Å². The Bertz CT molecular complexity index is 370. The van der Waals surface area contributed by atoms with Crippen molar-refractivity contribution in [1.29, 1.82) is 0 Å². The summed E-state index contributed by atoms with van der Waals surface area (Å²) in [7, 11) is 0. The van der Waals surface area contributed by atoms with Crippen LogP contribution in [0.1, 0.15) is 12.8 Å². The molecule has 4 heteroatoms. The van der Waals surface area contributed by atoms with Crippen molar-refractivity contribution in [3.05, 3.63) is 28.2 Å². The molecule has 0 radical (unpaired) electrons. The first-order valence-corrected chi connectivity index (χ1v) is 6.27. The van der Waals surface area contributed by atoms with Gasteiger partial charge in [-0.15, -0.1) is 0 Å². The Morgan fingerprint density at radius 3 is 2.81 bits per heavy atom. The molecule has 1 unspecified atom stereocenters. The number of aliphatic hydroxyl groups is 1. The van der Waals surface area contributed by atoms with Crippen LogP contribution < -0.4 is 4.90 Å². The van der Waals surface area contributed by atoms with Gasteiger partial charge in [0.15, 0.2) is 0 Å². The highest BCUT2D eigenvalue weighted by molar-refractivity contribution is 6.42. The SMILES string of the molecule is OCCC1CCN(c2ccc(Cl)c(Cl)c2)C1. The Morgan fingerprint density at radius 1 is 1.31 bits per heavy atom. The second-order valence-electron chi connectivity index (χ2n) is 4.21. The minimum absolute atomic E-state index is 0.278. The van der Waals surface area contributed by atoms with Gasteiger partial charge in [0.1, 0.15) is 0 Å². The molecule has 0 spiro atoms. The van der Waals surface area contributed by atoms with Crippen molar-refractivity contribution in [2.24, 2.45) is 5.92 Å². The molecule has 0 aliphatic carbocycles. The molecule has 0 saturated carbocycles. The maximum absolute atomic E-state index is 8.91. The summed E-state index contributed by atoms with van der Waals surface area (Å²) in [6.07, 6.45) is 2.03. The number of benzene rings is 1. The van der Waals surface area contributed by atoms with Crippen molar-refractivity contribution in [1.82, 2.24) is 0 Å². The van der Waals surface area contributed by atoms with Crippen molar-refractivity contribution in [3.63, 3.8) is 0 Å². The van der Waals surface area contributed by atoms with E-state index in [4.69, 9.17) is 28.3 Å². The van der Waals surface area contributed by atoms with Crippen LogP contribution in [0.2, 0.25) is 10.0 Å². The zero-order chi connectivity index (χ0) is 11.5. The molecular formula is C12H15Cl2NO. The Balaban J connectivity index is 2.05. The Hall–Kier alpha value is -0.440. The predicted octanol–water partition coefficient (Wildman–Crippen LogP) is 3.20. The van der Waals surface area contributed by atoms with E-state index in [9.17, 15) is 0 Å². The topological polar surface area (TPSA) is 23.5 Å². The number of nitrogens with zero attached hydrogens (tertiary/aromatic N) is 1. The van der Waals surface area contributed by atoms with Crippen LogP contribution in [-0.2, 0) is 0 Å². The van der Waals surface area contributed by atoms with E-state index in [1.807, 2.05) is 18.2 Å². The average molecular weight is 260 g/mol. The van der Waals surface area contributed by atoms with E-state index >= 15 is 0 Å². The van der Waals surface area contributed by atoms with Crippen molar-refractivity contribution in [2.75, 3.05) is 24.6 Å². The molecule has 1 aromatic rings. The zero-order valence-electron chi connectivity index (χ0n) is 9.00. The maximum Gasteiger partial charge on any atom is 0.0612 e. The summed E-state index contributed by atoms with van der Waals surface area (Å²) in [6, 6.07) is 5.74. The third kappa shape index (κ3) is 2.62. The Labute approximate surface area is 106 Å². The van der Waals surface area contributed by atoms with Crippen LogP contribution in [0.25, 0.3) is 0 Å². The van der Waals surface area contributed by atoms with Gasteiger partial charge in [0.2, 0.25) is 0 Å². The molecule has 1 heterocycles. The molecule has 1 aliphatic rings. The fourth-order valence-electron chi connectivity index (χ4n) is 2.17. The Kier molecular flexibility index (Phi) is 3.95. The fourth-order valence-corrected chi connectivity index (χ4v) is 2.46. The lowest BCUT2D eigenvalue weighted by Crippen LogP contribution is -2.19. The molecule has 1 atom stereocenters. The normalized spacial score (nSPS) is 20.4. The smallest absolute Gasteiger partial charge is 0.0612 e. The van der Waals surface area contributed by atoms with Gasteiger partial charge in [-0.2, -0.15) is 0 Å². The van der Waals surface area contributed by atoms with E-state index in [-0.39, 0.29) is 6.61 Å². The Morgan fingerprint density at radius 2 is 2.12 bits per heavy atom. The zero-order valence-corrected chi connectivity index (χ0v) is 10.5. The summed E-state index contributed by atoms with van der Waals surface area (Å²) in [4.78, 5) is 2.29. The molecule has 1 aromatic carbocycles. The minimum atomic E-state index is 0.278. The van der Waals surface area contributed by atoms with Gasteiger partial charge >= 0.3 is 0 Å². The van der Waals surface area contributed by atoms with E-state index in [2.05, 4.69) is 4.90 Å². The third-order valence-corrected chi connectivity index (χ3v) is 3.83. The van der Waals surface area contributed by atoms with Gasteiger partial charge in [0.25, 0.3) is 0 Å². The molecule has 2 rings (SSSR count). The summed E-state index contributed by atoms with van der Waals surface area (Å²) in [5, 5.41) is 10.1. The lowest BCUT2D eigenvalue weighted by molar-refractivity contribution is 0.263. The van der Waals surface area contributed by atoms with Crippen LogP contribution >= 0.6 is 23.2 Å². The largest absolute Gasteiger partial charge is 0.396 e. The summed E-state index contributed by atoms with van der Waals surface area (Å²) >= 11 is 11.9. The van der Waals surface area contributed by atoms with Gasteiger partial charge in [-0.25, -0.2) is 0 Å². The van der Waals surface area contributed by atoms with E-state index < -0.39 is 0 Å². The molecule has 1 aliphatic heterocycles. The molecule has 0 bridgehead atoms. The van der Waals surface area contributed by atoms with Gasteiger partial charge in [0, 0.05) is 25.4 Å². The number of halogens is 2. The maximum atomic E-state index is 8.91. The average Bonchev–Trinajstić information content (AvgIpc) is 2.71. The second kappa shape index (κ2) is 5.26. The molecule has 1 N–H and O–H groups in total. The van der Waals surface area contributed by atoms with Gasteiger partial charge in [0.05, 0.1) is 10.0 Å². The quantitative estimate of drug-likeness (QED) is 0.902. The molecule has 88 valence electrons. The minimum Gasteiger partial charge on any atom is -0.396 e. The van der Waals surface area contributed by atoms with Gasteiger partial charge < -0.3 is 10.0 Å². The van der Waals surface area contributed by atoms with E-state index in [0.717, 1.165) is 31.6 Å². The van der Waals surface area contributed by atoms with E-state index in [1.165, 1.54) is 0 Å². The highest BCUT2D eigenvalue weighted by Gasteiger charge is 2.22. The number of hydrogen-bond acceptors (Lipinski definition) is 2. The standard InChI is InChI=1S/C12H15Cl2NO/c13-11-2-1-10(7-12(11)14)15-5-3-9(8-15)4-6-16/h1-2,7,9,16H,3-6,8H2. The summed E-state index contributed by atoms with van der Waals surface area (Å²) in [6.45, 7) is 2.31. The summed E-state index contributed by atoms with van der Waals surface area (Å²) in [5.41, 5.74) is 1.12. The van der Waals surface area contributed by atoms with E-state index in [1.54, 1.807) is 0 Å². The van der Waals surface area contributed by atoms with Crippen LogP contribution in [0.4, 0.5) is 5.69 Å². The molecule has 2 nitrogen and oxygen atoms in total. The number of anilines is 1. The summed E-state index contributed by atoms with van der Waals surface area (Å²) in [5.74, 6) is 0.597. The lowest BCUT2D eigenvalue weighted by atomic mass is 10.1. The van der Waals surface area contributed by atoms with Crippen LogP contribution in [0.3, 0.4) is 0 Å². The molecule has 0 aromatic heterocycles. The van der Waals surface area contributed by atoms with Crippen molar-refractivity contribution in [2.45, 2.75) is 12.8 Å². The summed E-state index contributed by atoms with van der Waals surface area (Å²) < 4.78 is 0. The van der Waals surface area contributed by atoms with E-state index in [0.29, 0.717) is 16.0 Å².